The van der Waals surface area contributed by atoms with E-state index in [1.807, 2.05) is 43.1 Å². The first kappa shape index (κ1) is 16.4. The van der Waals surface area contributed by atoms with Gasteiger partial charge in [0.1, 0.15) is 12.4 Å². The highest BCUT2D eigenvalue weighted by molar-refractivity contribution is 7.92. The number of nitrogens with one attached hydrogen (secondary N) is 1. The first-order chi connectivity index (χ1) is 11.4. The number of rotatable bonds is 4. The highest BCUT2D eigenvalue weighted by atomic mass is 32.2. The summed E-state index contributed by atoms with van der Waals surface area (Å²) in [4.78, 5) is 4.16. The minimum absolute atomic E-state index is 0.218. The fourth-order valence-electron chi connectivity index (χ4n) is 2.54. The zero-order valence-corrected chi connectivity index (χ0v) is 14.8. The van der Waals surface area contributed by atoms with Gasteiger partial charge in [0.05, 0.1) is 17.1 Å². The van der Waals surface area contributed by atoms with Crippen molar-refractivity contribution in [3.8, 4) is 5.75 Å². The Balaban J connectivity index is 1.86. The van der Waals surface area contributed by atoms with E-state index < -0.39 is 10.0 Å². The van der Waals surface area contributed by atoms with E-state index in [9.17, 15) is 8.42 Å². The Bertz CT molecular complexity index is 833. The predicted molar refractivity (Wildman–Crippen MR) is 96.8 cm³/mol. The zero-order valence-electron chi connectivity index (χ0n) is 14.0. The normalized spacial score (nSPS) is 13.9. The van der Waals surface area contributed by atoms with Crippen molar-refractivity contribution in [2.75, 3.05) is 48.8 Å². The van der Waals surface area contributed by atoms with Crippen molar-refractivity contribution in [2.24, 2.45) is 0 Å². The molecule has 0 spiro atoms. The van der Waals surface area contributed by atoms with Gasteiger partial charge in [0, 0.05) is 32.5 Å². The van der Waals surface area contributed by atoms with Gasteiger partial charge in [0.15, 0.2) is 0 Å². The van der Waals surface area contributed by atoms with Crippen molar-refractivity contribution in [2.45, 2.75) is 4.90 Å². The first-order valence-electron chi connectivity index (χ1n) is 7.65. The number of ether oxygens (including phenoxy) is 1. The van der Waals surface area contributed by atoms with Gasteiger partial charge in [-0.15, -0.1) is 0 Å². The van der Waals surface area contributed by atoms with Crippen LogP contribution >= 0.6 is 0 Å². The third-order valence-electron chi connectivity index (χ3n) is 3.97. The lowest BCUT2D eigenvalue weighted by Crippen LogP contribution is -2.29. The summed E-state index contributed by atoms with van der Waals surface area (Å²) in [5, 5.41) is 0. The Hall–Kier alpha value is -2.41. The molecule has 0 aromatic heterocycles. The lowest BCUT2D eigenvalue weighted by atomic mass is 10.2. The molecular weight excluding hydrogens is 326 g/mol. The second-order valence-corrected chi connectivity index (χ2v) is 7.63. The molecule has 3 rings (SSSR count). The Morgan fingerprint density at radius 2 is 1.83 bits per heavy atom. The number of benzene rings is 2. The maximum atomic E-state index is 12.6. The number of fused-ring (bicyclic) bond motifs is 1. The van der Waals surface area contributed by atoms with Crippen molar-refractivity contribution >= 4 is 27.1 Å². The van der Waals surface area contributed by atoms with Gasteiger partial charge in [-0.2, -0.15) is 0 Å². The molecule has 1 heterocycles. The van der Waals surface area contributed by atoms with Crippen molar-refractivity contribution in [1.29, 1.82) is 0 Å². The molecule has 2 aromatic rings. The van der Waals surface area contributed by atoms with E-state index in [2.05, 4.69) is 4.72 Å². The minimum Gasteiger partial charge on any atom is -0.490 e. The highest BCUT2D eigenvalue weighted by Gasteiger charge is 2.20. The molecule has 6 nitrogen and oxygen atoms in total. The third-order valence-corrected chi connectivity index (χ3v) is 5.35. The molecule has 0 saturated heterocycles. The molecule has 1 aliphatic rings. The Labute approximate surface area is 142 Å². The van der Waals surface area contributed by atoms with Crippen LogP contribution in [0.2, 0.25) is 0 Å². The number of nitrogens with zero attached hydrogens (tertiary/aromatic N) is 2. The summed E-state index contributed by atoms with van der Waals surface area (Å²) in [6, 6.07) is 12.1. The second kappa shape index (κ2) is 6.24. The average molecular weight is 347 g/mol. The van der Waals surface area contributed by atoms with Crippen molar-refractivity contribution in [3.63, 3.8) is 0 Å². The minimum atomic E-state index is -3.65. The van der Waals surface area contributed by atoms with Crippen LogP contribution in [-0.4, -0.2) is 42.7 Å². The van der Waals surface area contributed by atoms with Gasteiger partial charge < -0.3 is 14.5 Å². The van der Waals surface area contributed by atoms with Gasteiger partial charge >= 0.3 is 0 Å². The molecule has 2 aromatic carbocycles. The monoisotopic (exact) mass is 347 g/mol. The molecule has 0 amide bonds. The smallest absolute Gasteiger partial charge is 0.261 e. The standard InChI is InChI=1S/C17H21N3O3S/c1-19(2)14-6-4-13(5-7-14)18-24(21,22)15-8-9-17-16(12-15)20(3)10-11-23-17/h4-9,12,18H,10-11H2,1-3H3. The molecule has 0 unspecified atom stereocenters. The van der Waals surface area contributed by atoms with Gasteiger partial charge in [0.2, 0.25) is 0 Å². The van der Waals surface area contributed by atoms with Gasteiger partial charge in [-0.1, -0.05) is 0 Å². The van der Waals surface area contributed by atoms with Crippen molar-refractivity contribution in [1.82, 2.24) is 0 Å². The highest BCUT2D eigenvalue weighted by Crippen LogP contribution is 2.33. The van der Waals surface area contributed by atoms with E-state index in [4.69, 9.17) is 4.74 Å². The van der Waals surface area contributed by atoms with Gasteiger partial charge in [-0.3, -0.25) is 4.72 Å². The molecular formula is C17H21N3O3S. The quantitative estimate of drug-likeness (QED) is 0.920. The van der Waals surface area contributed by atoms with Crippen molar-refractivity contribution < 1.29 is 13.2 Å². The maximum Gasteiger partial charge on any atom is 0.261 e. The second-order valence-electron chi connectivity index (χ2n) is 5.95. The fourth-order valence-corrected chi connectivity index (χ4v) is 3.62. The van der Waals surface area contributed by atoms with Crippen LogP contribution in [0.3, 0.4) is 0 Å². The van der Waals surface area contributed by atoms with Crippen LogP contribution in [0, 0.1) is 0 Å². The molecule has 7 heteroatoms. The molecule has 0 fully saturated rings. The zero-order chi connectivity index (χ0) is 17.3. The molecule has 0 atom stereocenters. The number of likely N-dealkylation sites (N-methyl/N-ethyl adjacent to an activating group) is 1. The summed E-state index contributed by atoms with van der Waals surface area (Å²) >= 11 is 0. The number of anilines is 3. The average Bonchev–Trinajstić information content (AvgIpc) is 2.55. The summed E-state index contributed by atoms with van der Waals surface area (Å²) < 4.78 is 33.4. The van der Waals surface area contributed by atoms with Crippen LogP contribution in [0.15, 0.2) is 47.4 Å². The summed E-state index contributed by atoms with van der Waals surface area (Å²) in [5.41, 5.74) is 2.32. The summed E-state index contributed by atoms with van der Waals surface area (Å²) in [5.74, 6) is 0.707. The van der Waals surface area contributed by atoms with Crippen LogP contribution in [0.4, 0.5) is 17.1 Å². The van der Waals surface area contributed by atoms with E-state index in [0.29, 0.717) is 18.0 Å². The largest absolute Gasteiger partial charge is 0.490 e. The van der Waals surface area contributed by atoms with E-state index >= 15 is 0 Å². The van der Waals surface area contributed by atoms with Crippen LogP contribution in [-0.2, 0) is 10.0 Å². The topological polar surface area (TPSA) is 61.9 Å². The van der Waals surface area contributed by atoms with Crippen molar-refractivity contribution in [3.05, 3.63) is 42.5 Å². The molecule has 0 bridgehead atoms. The van der Waals surface area contributed by atoms with Gasteiger partial charge in [-0.05, 0) is 42.5 Å². The van der Waals surface area contributed by atoms with E-state index in [-0.39, 0.29) is 4.90 Å². The Morgan fingerprint density at radius 3 is 2.50 bits per heavy atom. The van der Waals surface area contributed by atoms with Crippen LogP contribution in [0.1, 0.15) is 0 Å². The number of hydrogen-bond donors (Lipinski definition) is 1. The third kappa shape index (κ3) is 3.26. The van der Waals surface area contributed by atoms with Gasteiger partial charge in [0.25, 0.3) is 10.0 Å². The molecule has 1 N–H and O–H groups in total. The maximum absolute atomic E-state index is 12.6. The Kier molecular flexibility index (Phi) is 4.28. The number of sulfonamides is 1. The fraction of sp³-hybridized carbons (Fsp3) is 0.294. The summed E-state index contributed by atoms with van der Waals surface area (Å²) in [7, 11) is 2.14. The lowest BCUT2D eigenvalue weighted by Gasteiger charge is -2.28. The SMILES string of the molecule is CN(C)c1ccc(NS(=O)(=O)c2ccc3c(c2)N(C)CCO3)cc1. The Morgan fingerprint density at radius 1 is 1.12 bits per heavy atom. The molecule has 128 valence electrons. The van der Waals surface area contributed by atoms with E-state index in [1.54, 1.807) is 30.3 Å². The van der Waals surface area contributed by atoms with Crippen LogP contribution in [0.5, 0.6) is 5.75 Å². The van der Waals surface area contributed by atoms with E-state index in [0.717, 1.165) is 17.9 Å². The van der Waals surface area contributed by atoms with Gasteiger partial charge in [-0.25, -0.2) is 8.42 Å². The first-order valence-corrected chi connectivity index (χ1v) is 9.13. The predicted octanol–water partition coefficient (Wildman–Crippen LogP) is 2.38. The molecule has 0 aliphatic carbocycles. The van der Waals surface area contributed by atoms with Crippen LogP contribution in [0.25, 0.3) is 0 Å². The lowest BCUT2D eigenvalue weighted by molar-refractivity contribution is 0.311. The summed E-state index contributed by atoms with van der Waals surface area (Å²) in [6.07, 6.45) is 0. The van der Waals surface area contributed by atoms with E-state index in [1.165, 1.54) is 0 Å². The number of hydrogen-bond acceptors (Lipinski definition) is 5. The molecule has 1 aliphatic heterocycles. The summed E-state index contributed by atoms with van der Waals surface area (Å²) in [6.45, 7) is 1.34. The van der Waals surface area contributed by atoms with Crippen LogP contribution < -0.4 is 19.3 Å². The molecule has 0 saturated carbocycles. The molecule has 24 heavy (non-hydrogen) atoms. The molecule has 0 radical (unpaired) electrons.